The van der Waals surface area contributed by atoms with Crippen LogP contribution in [0.1, 0.15) is 42.8 Å². The van der Waals surface area contributed by atoms with Crippen LogP contribution in [0.15, 0.2) is 4.42 Å². The van der Waals surface area contributed by atoms with E-state index in [-0.39, 0.29) is 12.1 Å². The first-order valence-corrected chi connectivity index (χ1v) is 7.43. The van der Waals surface area contributed by atoms with E-state index in [0.717, 1.165) is 42.4 Å². The van der Waals surface area contributed by atoms with Crippen molar-refractivity contribution in [2.24, 2.45) is 0 Å². The van der Waals surface area contributed by atoms with Crippen LogP contribution in [0, 0.1) is 13.8 Å². The molecule has 0 saturated heterocycles. The van der Waals surface area contributed by atoms with Crippen molar-refractivity contribution in [3.63, 3.8) is 0 Å². The molecule has 4 N–H and O–H groups in total. The molecule has 1 aliphatic carbocycles. The third kappa shape index (κ3) is 2.49. The molecule has 6 nitrogen and oxygen atoms in total. The van der Waals surface area contributed by atoms with Crippen LogP contribution in [0.4, 0.5) is 5.82 Å². The Labute approximate surface area is 123 Å². The zero-order valence-electron chi connectivity index (χ0n) is 12.6. The molecule has 0 amide bonds. The number of aliphatic hydroxyl groups is 1. The molecular weight excluding hydrogens is 268 g/mol. The summed E-state index contributed by atoms with van der Waals surface area (Å²) in [5, 5.41) is 13.8. The van der Waals surface area contributed by atoms with Gasteiger partial charge in [0.1, 0.15) is 17.4 Å². The highest BCUT2D eigenvalue weighted by atomic mass is 16.3. The van der Waals surface area contributed by atoms with Gasteiger partial charge in [0.25, 0.3) is 0 Å². The van der Waals surface area contributed by atoms with Gasteiger partial charge in [-0.2, -0.15) is 4.98 Å². The van der Waals surface area contributed by atoms with E-state index in [1.165, 1.54) is 0 Å². The summed E-state index contributed by atoms with van der Waals surface area (Å²) in [6, 6.07) is 0. The summed E-state index contributed by atoms with van der Waals surface area (Å²) in [7, 11) is 0. The van der Waals surface area contributed by atoms with Crippen LogP contribution in [0.2, 0.25) is 0 Å². The minimum Gasteiger partial charge on any atom is -0.443 e. The fourth-order valence-corrected chi connectivity index (χ4v) is 3.11. The van der Waals surface area contributed by atoms with Crippen molar-refractivity contribution < 1.29 is 9.52 Å². The van der Waals surface area contributed by atoms with Crippen LogP contribution in [0.5, 0.6) is 0 Å². The number of aryl methyl sites for hydroxylation is 2. The van der Waals surface area contributed by atoms with Crippen molar-refractivity contribution in [1.82, 2.24) is 15.3 Å². The number of aromatic nitrogens is 2. The SMILES string of the molecule is Cc1oc2nc(CNC3(CO)CCCC3)nc(N)c2c1C. The standard InChI is InChI=1S/C15H22N4O2/c1-9-10(2)21-14-12(9)13(16)18-11(19-14)7-17-15(8-20)5-3-4-6-15/h17,20H,3-8H2,1-2H3,(H2,16,18,19). The molecule has 6 heteroatoms. The molecule has 0 radical (unpaired) electrons. The second-order valence-electron chi connectivity index (χ2n) is 5.99. The summed E-state index contributed by atoms with van der Waals surface area (Å²) < 4.78 is 5.64. The van der Waals surface area contributed by atoms with Crippen molar-refractivity contribution in [1.29, 1.82) is 0 Å². The number of rotatable bonds is 4. The largest absolute Gasteiger partial charge is 0.443 e. The molecule has 1 aliphatic rings. The van der Waals surface area contributed by atoms with Gasteiger partial charge < -0.3 is 20.6 Å². The van der Waals surface area contributed by atoms with Crippen molar-refractivity contribution >= 4 is 16.9 Å². The Morgan fingerprint density at radius 2 is 2.00 bits per heavy atom. The van der Waals surface area contributed by atoms with Gasteiger partial charge in [-0.15, -0.1) is 0 Å². The number of nitrogen functional groups attached to an aromatic ring is 1. The van der Waals surface area contributed by atoms with E-state index < -0.39 is 0 Å². The minimum absolute atomic E-state index is 0.143. The topological polar surface area (TPSA) is 97.2 Å². The molecule has 0 aromatic carbocycles. The number of nitrogens with two attached hydrogens (primary N) is 1. The quantitative estimate of drug-likeness (QED) is 0.794. The highest BCUT2D eigenvalue weighted by molar-refractivity contribution is 5.88. The lowest BCUT2D eigenvalue weighted by Gasteiger charge is -2.27. The second kappa shape index (κ2) is 5.27. The Morgan fingerprint density at radius 3 is 2.67 bits per heavy atom. The minimum atomic E-state index is -0.192. The van der Waals surface area contributed by atoms with E-state index in [0.29, 0.717) is 23.9 Å². The highest BCUT2D eigenvalue weighted by Gasteiger charge is 2.32. The van der Waals surface area contributed by atoms with E-state index in [2.05, 4.69) is 15.3 Å². The van der Waals surface area contributed by atoms with E-state index in [1.807, 2.05) is 13.8 Å². The molecule has 0 aliphatic heterocycles. The van der Waals surface area contributed by atoms with E-state index >= 15 is 0 Å². The lowest BCUT2D eigenvalue weighted by atomic mass is 9.99. The van der Waals surface area contributed by atoms with Gasteiger partial charge in [0.15, 0.2) is 0 Å². The molecule has 1 fully saturated rings. The monoisotopic (exact) mass is 290 g/mol. The average molecular weight is 290 g/mol. The molecule has 2 aromatic rings. The Kier molecular flexibility index (Phi) is 3.59. The zero-order valence-corrected chi connectivity index (χ0v) is 12.6. The predicted molar refractivity (Wildman–Crippen MR) is 80.8 cm³/mol. The van der Waals surface area contributed by atoms with Gasteiger partial charge in [0.2, 0.25) is 5.71 Å². The molecule has 2 aromatic heterocycles. The molecule has 0 spiro atoms. The van der Waals surface area contributed by atoms with E-state index in [4.69, 9.17) is 10.2 Å². The van der Waals surface area contributed by atoms with Gasteiger partial charge in [-0.1, -0.05) is 12.8 Å². The van der Waals surface area contributed by atoms with Crippen molar-refractivity contribution in [3.8, 4) is 0 Å². The predicted octanol–water partition coefficient (Wildman–Crippen LogP) is 1.82. The van der Waals surface area contributed by atoms with Gasteiger partial charge in [-0.25, -0.2) is 4.98 Å². The Hall–Kier alpha value is -1.66. The molecule has 2 heterocycles. The maximum Gasteiger partial charge on any atom is 0.231 e. The number of hydrogen-bond donors (Lipinski definition) is 3. The normalized spacial score (nSPS) is 17.7. The smallest absolute Gasteiger partial charge is 0.231 e. The van der Waals surface area contributed by atoms with Crippen LogP contribution in [-0.4, -0.2) is 27.2 Å². The highest BCUT2D eigenvalue weighted by Crippen LogP contribution is 2.30. The Morgan fingerprint density at radius 1 is 1.29 bits per heavy atom. The molecule has 21 heavy (non-hydrogen) atoms. The van der Waals surface area contributed by atoms with Crippen LogP contribution in [0.3, 0.4) is 0 Å². The van der Waals surface area contributed by atoms with E-state index in [9.17, 15) is 5.11 Å². The van der Waals surface area contributed by atoms with Crippen LogP contribution in [0.25, 0.3) is 11.1 Å². The number of anilines is 1. The lowest BCUT2D eigenvalue weighted by Crippen LogP contribution is -2.45. The van der Waals surface area contributed by atoms with Crippen LogP contribution >= 0.6 is 0 Å². The van der Waals surface area contributed by atoms with Crippen molar-refractivity contribution in [3.05, 3.63) is 17.1 Å². The summed E-state index contributed by atoms with van der Waals surface area (Å²) in [5.74, 6) is 1.88. The van der Waals surface area contributed by atoms with Crippen LogP contribution < -0.4 is 11.1 Å². The van der Waals surface area contributed by atoms with Gasteiger partial charge in [0.05, 0.1) is 18.5 Å². The second-order valence-corrected chi connectivity index (χ2v) is 5.99. The molecule has 1 saturated carbocycles. The maximum absolute atomic E-state index is 9.61. The number of furan rings is 1. The average Bonchev–Trinajstić information content (AvgIpc) is 3.03. The number of hydrogen-bond acceptors (Lipinski definition) is 6. The van der Waals surface area contributed by atoms with Gasteiger partial charge >= 0.3 is 0 Å². The number of aliphatic hydroxyl groups excluding tert-OH is 1. The van der Waals surface area contributed by atoms with Gasteiger partial charge in [-0.05, 0) is 26.7 Å². The summed E-state index contributed by atoms with van der Waals surface area (Å²) in [5.41, 5.74) is 7.37. The fraction of sp³-hybridized carbons (Fsp3) is 0.600. The third-order valence-electron chi connectivity index (χ3n) is 4.59. The molecule has 0 unspecified atom stereocenters. The first-order valence-electron chi connectivity index (χ1n) is 7.43. The number of nitrogens with zero attached hydrogens (tertiary/aromatic N) is 2. The lowest BCUT2D eigenvalue weighted by molar-refractivity contribution is 0.162. The molecule has 114 valence electrons. The molecular formula is C15H22N4O2. The first-order chi connectivity index (χ1) is 10.0. The van der Waals surface area contributed by atoms with Crippen molar-refractivity contribution in [2.75, 3.05) is 12.3 Å². The Bertz CT molecular complexity index is 659. The summed E-state index contributed by atoms with van der Waals surface area (Å²) in [6.45, 7) is 4.48. The summed E-state index contributed by atoms with van der Waals surface area (Å²) >= 11 is 0. The molecule has 3 rings (SSSR count). The van der Waals surface area contributed by atoms with Crippen LogP contribution in [-0.2, 0) is 6.54 Å². The Balaban J connectivity index is 1.84. The maximum atomic E-state index is 9.61. The van der Waals surface area contributed by atoms with Gasteiger partial charge in [0, 0.05) is 11.1 Å². The van der Waals surface area contributed by atoms with Crippen molar-refractivity contribution in [2.45, 2.75) is 51.6 Å². The van der Waals surface area contributed by atoms with E-state index in [1.54, 1.807) is 0 Å². The number of nitrogens with one attached hydrogen (secondary N) is 1. The first kappa shape index (κ1) is 14.3. The van der Waals surface area contributed by atoms with Gasteiger partial charge in [-0.3, -0.25) is 0 Å². The summed E-state index contributed by atoms with van der Waals surface area (Å²) in [4.78, 5) is 8.81. The molecule has 0 bridgehead atoms. The number of fused-ring (bicyclic) bond motifs is 1. The fourth-order valence-electron chi connectivity index (χ4n) is 3.11. The molecule has 0 atom stereocenters. The third-order valence-corrected chi connectivity index (χ3v) is 4.59. The summed E-state index contributed by atoms with van der Waals surface area (Å²) in [6.07, 6.45) is 4.26. The zero-order chi connectivity index (χ0) is 15.0.